The van der Waals surface area contributed by atoms with Gasteiger partial charge < -0.3 is 4.90 Å². The van der Waals surface area contributed by atoms with E-state index in [4.69, 9.17) is 0 Å². The third-order valence-corrected chi connectivity index (χ3v) is 7.50. The van der Waals surface area contributed by atoms with Crippen LogP contribution in [0.25, 0.3) is 0 Å². The molecule has 7 heteroatoms. The van der Waals surface area contributed by atoms with Crippen molar-refractivity contribution in [2.75, 3.05) is 20.1 Å². The van der Waals surface area contributed by atoms with Crippen molar-refractivity contribution in [3.8, 4) is 0 Å². The van der Waals surface area contributed by atoms with Crippen molar-refractivity contribution >= 4 is 27.3 Å². The lowest BCUT2D eigenvalue weighted by atomic mass is 9.94. The van der Waals surface area contributed by atoms with Crippen LogP contribution in [0.15, 0.2) is 46.0 Å². The Morgan fingerprint density at radius 2 is 1.78 bits per heavy atom. The second kappa shape index (κ2) is 8.12. The van der Waals surface area contributed by atoms with Crippen molar-refractivity contribution in [3.63, 3.8) is 0 Å². The van der Waals surface area contributed by atoms with Gasteiger partial charge in [-0.05, 0) is 64.9 Å². The molecule has 0 spiro atoms. The van der Waals surface area contributed by atoms with Gasteiger partial charge in [-0.3, -0.25) is 4.79 Å². The predicted molar refractivity (Wildman–Crippen MR) is 108 cm³/mol. The van der Waals surface area contributed by atoms with Gasteiger partial charge in [0.2, 0.25) is 10.0 Å². The zero-order chi connectivity index (χ0) is 19.6. The Morgan fingerprint density at radius 3 is 2.33 bits per heavy atom. The van der Waals surface area contributed by atoms with Crippen LogP contribution in [0.5, 0.6) is 0 Å². The Hall–Kier alpha value is -1.70. The molecule has 27 heavy (non-hydrogen) atoms. The van der Waals surface area contributed by atoms with Crippen molar-refractivity contribution in [2.24, 2.45) is 11.8 Å². The summed E-state index contributed by atoms with van der Waals surface area (Å²) in [5, 5.41) is 4.00. The molecule has 1 aliphatic heterocycles. The van der Waals surface area contributed by atoms with Crippen LogP contribution in [0.2, 0.25) is 0 Å². The van der Waals surface area contributed by atoms with Gasteiger partial charge in [-0.2, -0.15) is 15.6 Å². The molecule has 2 aromatic rings. The van der Waals surface area contributed by atoms with Crippen molar-refractivity contribution in [3.05, 3.63) is 52.2 Å². The van der Waals surface area contributed by atoms with E-state index in [0.29, 0.717) is 37.0 Å². The maximum Gasteiger partial charge on any atom is 0.253 e. The number of hydrogen-bond acceptors (Lipinski definition) is 4. The molecule has 2 atom stereocenters. The van der Waals surface area contributed by atoms with Crippen LogP contribution >= 0.6 is 11.3 Å². The molecule has 0 bridgehead atoms. The first kappa shape index (κ1) is 20.0. The number of nitrogens with zero attached hydrogens (tertiary/aromatic N) is 2. The summed E-state index contributed by atoms with van der Waals surface area (Å²) in [6.45, 7) is 5.81. The zero-order valence-corrected chi connectivity index (χ0v) is 17.6. The number of thiophene rings is 1. The van der Waals surface area contributed by atoms with Crippen LogP contribution in [0.1, 0.15) is 36.2 Å². The lowest BCUT2D eigenvalue weighted by Gasteiger charge is -2.34. The van der Waals surface area contributed by atoms with Crippen LogP contribution < -0.4 is 0 Å². The van der Waals surface area contributed by atoms with Crippen molar-refractivity contribution in [2.45, 2.75) is 31.7 Å². The number of amides is 1. The van der Waals surface area contributed by atoms with E-state index in [0.717, 1.165) is 12.0 Å². The van der Waals surface area contributed by atoms with Gasteiger partial charge >= 0.3 is 0 Å². The minimum absolute atomic E-state index is 0.120. The Kier molecular flexibility index (Phi) is 6.03. The highest BCUT2D eigenvalue weighted by Gasteiger charge is 2.31. The summed E-state index contributed by atoms with van der Waals surface area (Å²) in [6.07, 6.45) is 1.05. The molecule has 3 rings (SSSR count). The fraction of sp³-hybridized carbons (Fsp3) is 0.450. The van der Waals surface area contributed by atoms with Crippen LogP contribution in [-0.4, -0.2) is 43.7 Å². The second-order valence-corrected chi connectivity index (χ2v) is 10.3. The van der Waals surface area contributed by atoms with Gasteiger partial charge in [-0.15, -0.1) is 0 Å². The lowest BCUT2D eigenvalue weighted by molar-refractivity contribution is 0.0785. The first-order valence-electron chi connectivity index (χ1n) is 9.14. The van der Waals surface area contributed by atoms with E-state index in [9.17, 15) is 13.2 Å². The maximum atomic E-state index is 12.9. The summed E-state index contributed by atoms with van der Waals surface area (Å²) in [6, 6.07) is 8.30. The molecule has 146 valence electrons. The monoisotopic (exact) mass is 406 g/mol. The quantitative estimate of drug-likeness (QED) is 0.761. The molecule has 0 saturated carbocycles. The average Bonchev–Trinajstić information content (AvgIpc) is 3.13. The van der Waals surface area contributed by atoms with Gasteiger partial charge in [0.25, 0.3) is 5.91 Å². The predicted octanol–water partition coefficient (Wildman–Crippen LogP) is 3.69. The summed E-state index contributed by atoms with van der Waals surface area (Å²) >= 11 is 1.60. The third kappa shape index (κ3) is 4.59. The van der Waals surface area contributed by atoms with Crippen molar-refractivity contribution in [1.29, 1.82) is 0 Å². The van der Waals surface area contributed by atoms with Crippen molar-refractivity contribution in [1.82, 2.24) is 9.21 Å². The fourth-order valence-electron chi connectivity index (χ4n) is 3.67. The average molecular weight is 407 g/mol. The molecule has 1 saturated heterocycles. The lowest BCUT2D eigenvalue weighted by Crippen LogP contribution is -2.42. The Balaban J connectivity index is 1.73. The zero-order valence-electron chi connectivity index (χ0n) is 16.0. The molecule has 1 amide bonds. The fourth-order valence-corrected chi connectivity index (χ4v) is 6.01. The smallest absolute Gasteiger partial charge is 0.253 e. The van der Waals surface area contributed by atoms with Crippen LogP contribution in [0.4, 0.5) is 0 Å². The Labute approximate surface area is 165 Å². The molecule has 1 aromatic carbocycles. The molecular formula is C20H26N2O3S2. The van der Waals surface area contributed by atoms with Crippen LogP contribution in [0.3, 0.4) is 0 Å². The largest absolute Gasteiger partial charge is 0.337 e. The first-order chi connectivity index (χ1) is 12.8. The highest BCUT2D eigenvalue weighted by molar-refractivity contribution is 7.89. The molecule has 0 unspecified atom stereocenters. The van der Waals surface area contributed by atoms with Gasteiger partial charge in [-0.25, -0.2) is 8.42 Å². The summed E-state index contributed by atoms with van der Waals surface area (Å²) in [5.41, 5.74) is 1.58. The normalized spacial score (nSPS) is 21.1. The minimum atomic E-state index is -3.52. The van der Waals surface area contributed by atoms with Gasteiger partial charge in [0.05, 0.1) is 4.90 Å². The topological polar surface area (TPSA) is 57.7 Å². The third-order valence-electron chi connectivity index (χ3n) is 4.92. The van der Waals surface area contributed by atoms with Gasteiger partial charge in [0.1, 0.15) is 0 Å². The summed E-state index contributed by atoms with van der Waals surface area (Å²) < 4.78 is 27.4. The Bertz CT molecular complexity index is 866. The van der Waals surface area contributed by atoms with E-state index >= 15 is 0 Å². The number of benzene rings is 1. The van der Waals surface area contributed by atoms with Gasteiger partial charge in [0.15, 0.2) is 0 Å². The molecular weight excluding hydrogens is 380 g/mol. The first-order valence-corrected chi connectivity index (χ1v) is 11.5. The minimum Gasteiger partial charge on any atom is -0.337 e. The SMILES string of the molecule is C[C@@H]1C[C@H](C)CN(S(=O)(=O)c2ccc(C(=O)N(C)Cc3ccsc3)cc2)C1. The molecule has 0 N–H and O–H groups in total. The van der Waals surface area contributed by atoms with Gasteiger partial charge in [-0.1, -0.05) is 13.8 Å². The van der Waals surface area contributed by atoms with E-state index in [1.165, 1.54) is 0 Å². The molecule has 0 radical (unpaired) electrons. The van der Waals surface area contributed by atoms with E-state index in [2.05, 4.69) is 13.8 Å². The number of sulfonamides is 1. The number of hydrogen-bond donors (Lipinski definition) is 0. The number of piperidine rings is 1. The molecule has 1 aromatic heterocycles. The number of carbonyl (C=O) groups excluding carboxylic acids is 1. The molecule has 1 fully saturated rings. The van der Waals surface area contributed by atoms with E-state index < -0.39 is 10.0 Å². The van der Waals surface area contributed by atoms with Crippen molar-refractivity contribution < 1.29 is 13.2 Å². The van der Waals surface area contributed by atoms with Crippen LogP contribution in [-0.2, 0) is 16.6 Å². The highest BCUT2D eigenvalue weighted by Crippen LogP contribution is 2.27. The summed E-state index contributed by atoms with van der Waals surface area (Å²) in [4.78, 5) is 14.5. The summed E-state index contributed by atoms with van der Waals surface area (Å²) in [5.74, 6) is 0.593. The molecule has 5 nitrogen and oxygen atoms in total. The number of carbonyl (C=O) groups is 1. The molecule has 1 aliphatic rings. The van der Waals surface area contributed by atoms with E-state index in [-0.39, 0.29) is 10.8 Å². The van der Waals surface area contributed by atoms with E-state index in [1.54, 1.807) is 51.9 Å². The maximum absolute atomic E-state index is 12.9. The summed E-state index contributed by atoms with van der Waals surface area (Å²) in [7, 11) is -1.77. The van der Waals surface area contributed by atoms with Gasteiger partial charge in [0, 0.05) is 32.2 Å². The molecule has 2 heterocycles. The van der Waals surface area contributed by atoms with Crippen LogP contribution in [0, 0.1) is 11.8 Å². The Morgan fingerprint density at radius 1 is 1.15 bits per heavy atom. The van der Waals surface area contributed by atoms with E-state index in [1.807, 2.05) is 16.8 Å². The standard InChI is InChI=1S/C20H26N2O3S2/c1-15-10-16(2)12-22(11-15)27(24,25)19-6-4-18(5-7-19)20(23)21(3)13-17-8-9-26-14-17/h4-9,14-16H,10-13H2,1-3H3/t15-,16+. The highest BCUT2D eigenvalue weighted by atomic mass is 32.2. The molecule has 0 aliphatic carbocycles. The second-order valence-electron chi connectivity index (χ2n) is 7.59. The number of rotatable bonds is 5.